The van der Waals surface area contributed by atoms with Crippen molar-refractivity contribution in [1.82, 2.24) is 0 Å². The van der Waals surface area contributed by atoms with E-state index >= 15 is 0 Å². The fraction of sp³-hybridized carbons (Fsp3) is 0.0714. The van der Waals surface area contributed by atoms with Gasteiger partial charge in [0.2, 0.25) is 0 Å². The van der Waals surface area contributed by atoms with E-state index in [1.807, 2.05) is 18.3 Å². The van der Waals surface area contributed by atoms with Gasteiger partial charge >= 0.3 is 5.97 Å². The molecule has 0 fully saturated rings. The summed E-state index contributed by atoms with van der Waals surface area (Å²) in [4.78, 5) is 10.8. The van der Waals surface area contributed by atoms with Crippen LogP contribution in [0.25, 0.3) is 0 Å². The number of carbonyl (C=O) groups is 1. The number of hydrogen-bond donors (Lipinski definition) is 1. The molecule has 1 aromatic carbocycles. The van der Waals surface area contributed by atoms with Crippen LogP contribution in [0.3, 0.4) is 0 Å². The number of carboxylic acid groups (broad SMARTS) is 1. The number of aromatic carboxylic acids is 1. The Labute approximate surface area is 104 Å². The molecule has 0 unspecified atom stereocenters. The summed E-state index contributed by atoms with van der Waals surface area (Å²) in [5.74, 6) is -0.941. The minimum Gasteiger partial charge on any atom is -0.477 e. The first-order valence-corrected chi connectivity index (χ1v) is 5.40. The second-order valence-electron chi connectivity index (χ2n) is 3.88. The number of nitrogens with zero attached hydrogens (tertiary/aromatic N) is 2. The minimum absolute atomic E-state index is 0.256. The van der Waals surface area contributed by atoms with Crippen LogP contribution < -0.4 is 4.57 Å². The molecule has 0 saturated carbocycles. The molecule has 18 heavy (non-hydrogen) atoms. The zero-order valence-electron chi connectivity index (χ0n) is 9.58. The molecule has 0 amide bonds. The first-order chi connectivity index (χ1) is 8.69. The summed E-state index contributed by atoms with van der Waals surface area (Å²) in [5, 5.41) is 17.6. The smallest absolute Gasteiger partial charge is 0.341 e. The summed E-state index contributed by atoms with van der Waals surface area (Å²) in [5.41, 5.74) is 1.88. The van der Waals surface area contributed by atoms with Gasteiger partial charge in [0.1, 0.15) is 5.56 Å². The van der Waals surface area contributed by atoms with Crippen molar-refractivity contribution in [2.75, 3.05) is 0 Å². The molecule has 88 valence electrons. The standard InChI is InChI=1S/C14H10N2O2/c15-8-11-3-5-12(6-4-11)9-16-7-1-2-13(10-16)14(17)18/h1-7,10H,9H2/p+1. The maximum absolute atomic E-state index is 10.8. The third-order valence-corrected chi connectivity index (χ3v) is 2.55. The highest BCUT2D eigenvalue weighted by Gasteiger charge is 2.09. The predicted molar refractivity (Wildman–Crippen MR) is 63.9 cm³/mol. The SMILES string of the molecule is N#Cc1ccc(C[n+]2cccc(C(=O)O)c2)cc1. The molecule has 4 heteroatoms. The van der Waals surface area contributed by atoms with E-state index in [-0.39, 0.29) is 5.56 Å². The lowest BCUT2D eigenvalue weighted by Gasteiger charge is -1.99. The van der Waals surface area contributed by atoms with Crippen molar-refractivity contribution in [3.8, 4) is 6.07 Å². The van der Waals surface area contributed by atoms with E-state index in [9.17, 15) is 4.79 Å². The first kappa shape index (κ1) is 11.8. The Hall–Kier alpha value is -2.67. The fourth-order valence-corrected chi connectivity index (χ4v) is 1.64. The highest BCUT2D eigenvalue weighted by atomic mass is 16.4. The van der Waals surface area contributed by atoms with Crippen molar-refractivity contribution in [2.45, 2.75) is 6.54 Å². The second-order valence-corrected chi connectivity index (χ2v) is 3.88. The number of aromatic nitrogens is 1. The van der Waals surface area contributed by atoms with Crippen LogP contribution in [-0.4, -0.2) is 11.1 Å². The molecule has 4 nitrogen and oxygen atoms in total. The molecule has 1 heterocycles. The van der Waals surface area contributed by atoms with Gasteiger partial charge in [0.25, 0.3) is 0 Å². The Morgan fingerprint density at radius 3 is 2.61 bits per heavy atom. The molecular formula is C14H11N2O2+. The number of nitriles is 1. The van der Waals surface area contributed by atoms with Gasteiger partial charge in [-0.25, -0.2) is 4.79 Å². The summed E-state index contributed by atoms with van der Waals surface area (Å²) >= 11 is 0. The van der Waals surface area contributed by atoms with Crippen molar-refractivity contribution in [2.24, 2.45) is 0 Å². The average molecular weight is 239 g/mol. The topological polar surface area (TPSA) is 65.0 Å². The lowest BCUT2D eigenvalue weighted by atomic mass is 10.1. The van der Waals surface area contributed by atoms with Crippen molar-refractivity contribution in [3.63, 3.8) is 0 Å². The average Bonchev–Trinajstić information content (AvgIpc) is 2.40. The quantitative estimate of drug-likeness (QED) is 0.827. The Morgan fingerprint density at radius 2 is 2.00 bits per heavy atom. The van der Waals surface area contributed by atoms with E-state index in [0.29, 0.717) is 12.1 Å². The lowest BCUT2D eigenvalue weighted by Crippen LogP contribution is -2.34. The van der Waals surface area contributed by atoms with Crippen LogP contribution in [0.4, 0.5) is 0 Å². The predicted octanol–water partition coefficient (Wildman–Crippen LogP) is 1.59. The van der Waals surface area contributed by atoms with Crippen LogP contribution in [0.5, 0.6) is 0 Å². The molecule has 2 aromatic rings. The molecule has 0 aliphatic carbocycles. The first-order valence-electron chi connectivity index (χ1n) is 5.40. The molecular weight excluding hydrogens is 228 g/mol. The van der Waals surface area contributed by atoms with Crippen LogP contribution in [0, 0.1) is 11.3 Å². The van der Waals surface area contributed by atoms with Crippen LogP contribution in [0.1, 0.15) is 21.5 Å². The van der Waals surface area contributed by atoms with E-state index < -0.39 is 5.97 Å². The number of benzene rings is 1. The number of carboxylic acids is 1. The molecule has 0 spiro atoms. The fourth-order valence-electron chi connectivity index (χ4n) is 1.64. The highest BCUT2D eigenvalue weighted by molar-refractivity contribution is 5.86. The molecule has 0 saturated heterocycles. The van der Waals surface area contributed by atoms with E-state index in [1.54, 1.807) is 35.0 Å². The van der Waals surface area contributed by atoms with Gasteiger partial charge in [-0.05, 0) is 18.2 Å². The maximum atomic E-state index is 10.8. The maximum Gasteiger partial charge on any atom is 0.341 e. The molecule has 0 radical (unpaired) electrons. The molecule has 0 bridgehead atoms. The number of rotatable bonds is 3. The van der Waals surface area contributed by atoms with E-state index in [4.69, 9.17) is 10.4 Å². The molecule has 1 aromatic heterocycles. The Bertz CT molecular complexity index is 612. The summed E-state index contributed by atoms with van der Waals surface area (Å²) in [6.07, 6.45) is 3.39. The number of hydrogen-bond acceptors (Lipinski definition) is 2. The van der Waals surface area contributed by atoms with Crippen molar-refractivity contribution >= 4 is 5.97 Å². The monoisotopic (exact) mass is 239 g/mol. The van der Waals surface area contributed by atoms with Gasteiger partial charge in [0.05, 0.1) is 11.6 Å². The zero-order chi connectivity index (χ0) is 13.0. The van der Waals surface area contributed by atoms with Crippen LogP contribution in [0.15, 0.2) is 48.8 Å². The van der Waals surface area contributed by atoms with E-state index in [0.717, 1.165) is 5.56 Å². The zero-order valence-corrected chi connectivity index (χ0v) is 9.58. The molecule has 2 rings (SSSR count). The molecule has 0 aliphatic heterocycles. The highest BCUT2D eigenvalue weighted by Crippen LogP contribution is 2.03. The van der Waals surface area contributed by atoms with E-state index in [2.05, 4.69) is 6.07 Å². The van der Waals surface area contributed by atoms with Gasteiger partial charge in [-0.3, -0.25) is 0 Å². The lowest BCUT2D eigenvalue weighted by molar-refractivity contribution is -0.688. The Morgan fingerprint density at radius 1 is 1.28 bits per heavy atom. The van der Waals surface area contributed by atoms with Crippen molar-refractivity contribution in [3.05, 3.63) is 65.5 Å². The Balaban J connectivity index is 2.20. The summed E-state index contributed by atoms with van der Waals surface area (Å²) < 4.78 is 1.80. The summed E-state index contributed by atoms with van der Waals surface area (Å²) in [6, 6.07) is 12.5. The minimum atomic E-state index is -0.941. The third kappa shape index (κ3) is 2.71. The molecule has 0 aliphatic rings. The van der Waals surface area contributed by atoms with Crippen LogP contribution >= 0.6 is 0 Å². The summed E-state index contributed by atoms with van der Waals surface area (Å²) in [6.45, 7) is 0.576. The van der Waals surface area contributed by atoms with Crippen molar-refractivity contribution < 1.29 is 14.5 Å². The van der Waals surface area contributed by atoms with Gasteiger partial charge in [0.15, 0.2) is 18.9 Å². The van der Waals surface area contributed by atoms with Gasteiger partial charge in [-0.1, -0.05) is 12.1 Å². The van der Waals surface area contributed by atoms with Gasteiger partial charge in [-0.2, -0.15) is 9.83 Å². The van der Waals surface area contributed by atoms with Gasteiger partial charge in [0, 0.05) is 11.6 Å². The summed E-state index contributed by atoms with van der Waals surface area (Å²) in [7, 11) is 0. The molecule has 1 N–H and O–H groups in total. The van der Waals surface area contributed by atoms with Crippen LogP contribution in [0.2, 0.25) is 0 Å². The van der Waals surface area contributed by atoms with Gasteiger partial charge < -0.3 is 5.11 Å². The van der Waals surface area contributed by atoms with E-state index in [1.165, 1.54) is 0 Å². The Kier molecular flexibility index (Phi) is 3.35. The largest absolute Gasteiger partial charge is 0.477 e. The normalized spacial score (nSPS) is 9.72. The van der Waals surface area contributed by atoms with Gasteiger partial charge in [-0.15, -0.1) is 0 Å². The van der Waals surface area contributed by atoms with Crippen molar-refractivity contribution in [1.29, 1.82) is 5.26 Å². The van der Waals surface area contributed by atoms with Crippen LogP contribution in [-0.2, 0) is 6.54 Å². The third-order valence-electron chi connectivity index (χ3n) is 2.55. The second kappa shape index (κ2) is 5.11. The molecule has 0 atom stereocenters. The number of pyridine rings is 1.